The van der Waals surface area contributed by atoms with Crippen LogP contribution in [0.5, 0.6) is 0 Å². The van der Waals surface area contributed by atoms with E-state index in [1.165, 1.54) is 30.3 Å². The van der Waals surface area contributed by atoms with Crippen molar-refractivity contribution >= 4 is 27.8 Å². The third-order valence-corrected chi connectivity index (χ3v) is 6.81. The Kier molecular flexibility index (Phi) is 10.8. The SMILES string of the molecule is CCCCCCCc1cc(C(=O)[O-])ncc1C(=O)NS(=O)(=O)c1ccc(C(=O)NCCCC)cc1. The molecule has 2 N–H and O–H groups in total. The van der Waals surface area contributed by atoms with Crippen LogP contribution in [0.3, 0.4) is 0 Å². The number of aryl methyl sites for hydroxylation is 1. The molecule has 9 nitrogen and oxygen atoms in total. The summed E-state index contributed by atoms with van der Waals surface area (Å²) in [5, 5.41) is 14.0. The number of carbonyl (C=O) groups excluding carboxylic acids is 3. The fraction of sp³-hybridized carbons (Fsp3) is 0.440. The molecule has 0 saturated heterocycles. The number of nitrogens with one attached hydrogen (secondary N) is 2. The smallest absolute Gasteiger partial charge is 0.266 e. The summed E-state index contributed by atoms with van der Waals surface area (Å²) in [7, 11) is -4.23. The Bertz CT molecular complexity index is 1130. The minimum absolute atomic E-state index is 0.0130. The molecule has 0 bridgehead atoms. The van der Waals surface area contributed by atoms with Crippen molar-refractivity contribution in [3.8, 4) is 0 Å². The van der Waals surface area contributed by atoms with Crippen molar-refractivity contribution in [3.05, 3.63) is 58.9 Å². The highest BCUT2D eigenvalue weighted by Gasteiger charge is 2.22. The largest absolute Gasteiger partial charge is 0.543 e. The van der Waals surface area contributed by atoms with Crippen molar-refractivity contribution < 1.29 is 27.9 Å². The molecule has 1 aromatic heterocycles. The predicted octanol–water partition coefficient (Wildman–Crippen LogP) is 2.61. The molecule has 0 aliphatic carbocycles. The summed E-state index contributed by atoms with van der Waals surface area (Å²) in [5.41, 5.74) is 0.364. The second-order valence-electron chi connectivity index (χ2n) is 8.25. The Morgan fingerprint density at radius 1 is 0.914 bits per heavy atom. The first-order valence-electron chi connectivity index (χ1n) is 11.8. The van der Waals surface area contributed by atoms with Gasteiger partial charge in [0.05, 0.1) is 22.1 Å². The molecule has 10 heteroatoms. The van der Waals surface area contributed by atoms with Crippen LogP contribution in [-0.4, -0.2) is 37.7 Å². The number of aromatic nitrogens is 1. The third-order valence-electron chi connectivity index (χ3n) is 5.46. The molecule has 0 fully saturated rings. The molecule has 0 saturated carbocycles. The second kappa shape index (κ2) is 13.6. The monoisotopic (exact) mass is 502 g/mol. The first-order valence-corrected chi connectivity index (χ1v) is 13.3. The topological polar surface area (TPSA) is 145 Å². The minimum Gasteiger partial charge on any atom is -0.543 e. The van der Waals surface area contributed by atoms with E-state index >= 15 is 0 Å². The summed E-state index contributed by atoms with van der Waals surface area (Å²) in [6.07, 6.45) is 7.99. The number of hydrogen-bond acceptors (Lipinski definition) is 7. The molecule has 0 aliphatic heterocycles. The zero-order valence-electron chi connectivity index (χ0n) is 20.1. The number of carboxylic acids is 1. The molecular formula is C25H32N3O6S-. The van der Waals surface area contributed by atoms with Crippen molar-refractivity contribution in [1.29, 1.82) is 0 Å². The fourth-order valence-electron chi connectivity index (χ4n) is 3.44. The molecule has 35 heavy (non-hydrogen) atoms. The average Bonchev–Trinajstić information content (AvgIpc) is 2.83. The number of nitrogens with zero attached hydrogens (tertiary/aromatic N) is 1. The molecule has 2 rings (SSSR count). The van der Waals surface area contributed by atoms with Gasteiger partial charge in [-0.25, -0.2) is 13.1 Å². The lowest BCUT2D eigenvalue weighted by Gasteiger charge is -2.13. The van der Waals surface area contributed by atoms with Gasteiger partial charge in [0.15, 0.2) is 0 Å². The number of hydrogen-bond donors (Lipinski definition) is 2. The van der Waals surface area contributed by atoms with Gasteiger partial charge in [-0.05, 0) is 55.2 Å². The van der Waals surface area contributed by atoms with Crippen LogP contribution >= 0.6 is 0 Å². The Morgan fingerprint density at radius 2 is 1.57 bits per heavy atom. The van der Waals surface area contributed by atoms with Gasteiger partial charge in [0.2, 0.25) is 0 Å². The molecule has 0 atom stereocenters. The van der Waals surface area contributed by atoms with Gasteiger partial charge < -0.3 is 15.2 Å². The Balaban J connectivity index is 2.16. The molecule has 190 valence electrons. The van der Waals surface area contributed by atoms with Gasteiger partial charge in [0, 0.05) is 18.3 Å². The lowest BCUT2D eigenvalue weighted by molar-refractivity contribution is -0.255. The van der Waals surface area contributed by atoms with Crippen LogP contribution in [0, 0.1) is 0 Å². The number of amides is 2. The van der Waals surface area contributed by atoms with E-state index in [9.17, 15) is 27.9 Å². The number of pyridine rings is 1. The van der Waals surface area contributed by atoms with E-state index in [0.717, 1.165) is 44.7 Å². The molecule has 1 heterocycles. The molecule has 2 aromatic rings. The summed E-state index contributed by atoms with van der Waals surface area (Å²) < 4.78 is 27.5. The number of rotatable bonds is 14. The third kappa shape index (κ3) is 8.47. The molecule has 0 spiro atoms. The van der Waals surface area contributed by atoms with E-state index in [4.69, 9.17) is 0 Å². The number of aromatic carboxylic acids is 1. The van der Waals surface area contributed by atoms with Crippen molar-refractivity contribution in [2.24, 2.45) is 0 Å². The van der Waals surface area contributed by atoms with Gasteiger partial charge in [0.25, 0.3) is 21.8 Å². The van der Waals surface area contributed by atoms with Gasteiger partial charge in [-0.1, -0.05) is 46.0 Å². The highest BCUT2D eigenvalue weighted by molar-refractivity contribution is 7.90. The van der Waals surface area contributed by atoms with Gasteiger partial charge in [0.1, 0.15) is 0 Å². The van der Waals surface area contributed by atoms with Crippen LogP contribution in [-0.2, 0) is 16.4 Å². The van der Waals surface area contributed by atoms with E-state index < -0.39 is 21.9 Å². The van der Waals surface area contributed by atoms with Gasteiger partial charge in [-0.15, -0.1) is 0 Å². The fourth-order valence-corrected chi connectivity index (χ4v) is 4.41. The molecular weight excluding hydrogens is 470 g/mol. The number of carboxylic acid groups (broad SMARTS) is 1. The summed E-state index contributed by atoms with van der Waals surface area (Å²) in [4.78, 5) is 39.7. The normalized spacial score (nSPS) is 11.1. The van der Waals surface area contributed by atoms with Crippen molar-refractivity contribution in [1.82, 2.24) is 15.0 Å². The van der Waals surface area contributed by atoms with E-state index in [1.807, 2.05) is 11.6 Å². The highest BCUT2D eigenvalue weighted by atomic mass is 32.2. The molecule has 0 aliphatic rings. The van der Waals surface area contributed by atoms with Gasteiger partial charge in [-0.2, -0.15) is 0 Å². The van der Waals surface area contributed by atoms with Gasteiger partial charge >= 0.3 is 0 Å². The Labute approximate surface area is 206 Å². The standard InChI is InChI=1S/C25H33N3O6S/c1-3-5-7-8-9-10-19-16-22(25(31)32)27-17-21(19)24(30)28-35(33,34)20-13-11-18(12-14-20)23(29)26-15-6-4-2/h11-14,16-17H,3-10,15H2,1-2H3,(H,26,29)(H,28,30)(H,31,32)/p-1. The number of benzene rings is 1. The Hall–Kier alpha value is -3.27. The summed E-state index contributed by atoms with van der Waals surface area (Å²) >= 11 is 0. The maximum absolute atomic E-state index is 12.8. The molecule has 1 aromatic carbocycles. The summed E-state index contributed by atoms with van der Waals surface area (Å²) in [5.74, 6) is -2.70. The van der Waals surface area contributed by atoms with E-state index in [-0.39, 0.29) is 22.1 Å². The van der Waals surface area contributed by atoms with E-state index in [2.05, 4.69) is 17.2 Å². The molecule has 0 radical (unpaired) electrons. The van der Waals surface area contributed by atoms with Crippen LogP contribution < -0.4 is 15.1 Å². The zero-order chi connectivity index (χ0) is 25.8. The maximum atomic E-state index is 12.8. The van der Waals surface area contributed by atoms with Gasteiger partial charge in [-0.3, -0.25) is 14.6 Å². The van der Waals surface area contributed by atoms with Crippen LogP contribution in [0.4, 0.5) is 0 Å². The van der Waals surface area contributed by atoms with Crippen molar-refractivity contribution in [3.63, 3.8) is 0 Å². The van der Waals surface area contributed by atoms with E-state index in [0.29, 0.717) is 30.5 Å². The average molecular weight is 503 g/mol. The summed E-state index contributed by atoms with van der Waals surface area (Å²) in [6.45, 7) is 4.62. The van der Waals surface area contributed by atoms with Crippen LogP contribution in [0.25, 0.3) is 0 Å². The lowest BCUT2D eigenvalue weighted by atomic mass is 10.0. The molecule has 2 amide bonds. The van der Waals surface area contributed by atoms with Crippen LogP contribution in [0.15, 0.2) is 41.4 Å². The van der Waals surface area contributed by atoms with E-state index in [1.54, 1.807) is 0 Å². The quantitative estimate of drug-likeness (QED) is 0.378. The molecule has 0 unspecified atom stereocenters. The second-order valence-corrected chi connectivity index (χ2v) is 9.93. The lowest BCUT2D eigenvalue weighted by Crippen LogP contribution is -2.32. The van der Waals surface area contributed by atoms with Crippen LogP contribution in [0.1, 0.15) is 95.6 Å². The predicted molar refractivity (Wildman–Crippen MR) is 129 cm³/mol. The maximum Gasteiger partial charge on any atom is 0.266 e. The zero-order valence-corrected chi connectivity index (χ0v) is 20.9. The number of unbranched alkanes of at least 4 members (excludes halogenated alkanes) is 5. The Morgan fingerprint density at radius 3 is 2.20 bits per heavy atom. The van der Waals surface area contributed by atoms with Crippen molar-refractivity contribution in [2.45, 2.75) is 70.1 Å². The first-order chi connectivity index (χ1) is 16.7. The highest BCUT2D eigenvalue weighted by Crippen LogP contribution is 2.17. The number of carbonyl (C=O) groups is 3. The first kappa shape index (κ1) is 28.0. The minimum atomic E-state index is -4.23. The number of sulfonamides is 1. The van der Waals surface area contributed by atoms with Crippen molar-refractivity contribution in [2.75, 3.05) is 6.54 Å². The summed E-state index contributed by atoms with van der Waals surface area (Å²) in [6, 6.07) is 6.49. The van der Waals surface area contributed by atoms with Crippen LogP contribution in [0.2, 0.25) is 0 Å².